The average Bonchev–Trinajstić information content (AvgIpc) is 2.09. The molecule has 0 atom stereocenters. The smallest absolute Gasteiger partial charge is 0.280 e. The van der Waals surface area contributed by atoms with E-state index in [4.69, 9.17) is 10.5 Å². The Labute approximate surface area is 74.5 Å². The van der Waals surface area contributed by atoms with Crippen LogP contribution in [0.1, 0.15) is 17.7 Å². The first-order chi connectivity index (χ1) is 6.06. The zero-order valence-electron chi connectivity index (χ0n) is 7.34. The van der Waals surface area contributed by atoms with Crippen molar-refractivity contribution in [1.29, 1.82) is 0 Å². The van der Waals surface area contributed by atoms with E-state index in [-0.39, 0.29) is 11.6 Å². The van der Waals surface area contributed by atoms with Crippen LogP contribution >= 0.6 is 0 Å². The quantitative estimate of drug-likeness (QED) is 0.771. The summed E-state index contributed by atoms with van der Waals surface area (Å²) in [4.78, 5) is 3.55. The van der Waals surface area contributed by atoms with Crippen molar-refractivity contribution in [1.82, 2.24) is 4.98 Å². The molecule has 0 spiro atoms. The monoisotopic (exact) mass is 188 g/mol. The van der Waals surface area contributed by atoms with E-state index >= 15 is 0 Å². The molecule has 2 N–H and O–H groups in total. The highest BCUT2D eigenvalue weighted by Gasteiger charge is 2.13. The summed E-state index contributed by atoms with van der Waals surface area (Å²) in [5.74, 6) is 0.0512. The summed E-state index contributed by atoms with van der Waals surface area (Å²) in [5, 5.41) is 0. The molecular weight excluding hydrogens is 178 g/mol. The van der Waals surface area contributed by atoms with Crippen molar-refractivity contribution in [3.63, 3.8) is 0 Å². The van der Waals surface area contributed by atoms with E-state index in [2.05, 4.69) is 4.98 Å². The van der Waals surface area contributed by atoms with Gasteiger partial charge in [0.05, 0.1) is 12.8 Å². The lowest BCUT2D eigenvalue weighted by molar-refractivity contribution is 0.145. The zero-order valence-corrected chi connectivity index (χ0v) is 7.34. The predicted octanol–water partition coefficient (Wildman–Crippen LogP) is 1.92. The van der Waals surface area contributed by atoms with Crippen LogP contribution in [0.5, 0.6) is 5.88 Å². The summed E-state index contributed by atoms with van der Waals surface area (Å²) in [6.45, 7) is 1.63. The topological polar surface area (TPSA) is 48.1 Å². The van der Waals surface area contributed by atoms with Crippen LogP contribution in [0, 0.1) is 6.92 Å². The van der Waals surface area contributed by atoms with Gasteiger partial charge >= 0.3 is 0 Å². The Balaban J connectivity index is 3.22. The Morgan fingerprint density at radius 2 is 2.15 bits per heavy atom. The lowest BCUT2D eigenvalue weighted by Gasteiger charge is -2.08. The first-order valence-corrected chi connectivity index (χ1v) is 3.65. The number of methoxy groups -OCH3 is 1. The lowest BCUT2D eigenvalue weighted by atomic mass is 10.2. The van der Waals surface area contributed by atoms with Crippen LogP contribution in [0.3, 0.4) is 0 Å². The molecule has 5 heteroatoms. The second-order valence-corrected chi connectivity index (χ2v) is 2.59. The minimum Gasteiger partial charge on any atom is -0.480 e. The molecule has 0 saturated carbocycles. The molecule has 0 amide bonds. The minimum absolute atomic E-state index is 0.0512. The lowest BCUT2D eigenvalue weighted by Crippen LogP contribution is -2.01. The van der Waals surface area contributed by atoms with Crippen molar-refractivity contribution in [2.75, 3.05) is 12.8 Å². The fourth-order valence-corrected chi connectivity index (χ4v) is 0.945. The summed E-state index contributed by atoms with van der Waals surface area (Å²) < 4.78 is 29.2. The maximum atomic E-state index is 12.2. The predicted molar refractivity (Wildman–Crippen MR) is 44.9 cm³/mol. The van der Waals surface area contributed by atoms with Crippen LogP contribution in [-0.4, -0.2) is 12.1 Å². The van der Waals surface area contributed by atoms with E-state index in [1.165, 1.54) is 13.2 Å². The molecule has 1 aromatic heterocycles. The largest absolute Gasteiger partial charge is 0.480 e. The highest BCUT2D eigenvalue weighted by molar-refractivity contribution is 5.55. The van der Waals surface area contributed by atoms with E-state index < -0.39 is 6.43 Å². The molecule has 1 heterocycles. The van der Waals surface area contributed by atoms with Gasteiger partial charge in [-0.1, -0.05) is 0 Å². The molecular formula is C8H10F2N2O. The number of anilines is 1. The minimum atomic E-state index is -2.60. The first-order valence-electron chi connectivity index (χ1n) is 3.65. The molecule has 0 fully saturated rings. The average molecular weight is 188 g/mol. The van der Waals surface area contributed by atoms with Crippen molar-refractivity contribution in [3.05, 3.63) is 17.3 Å². The van der Waals surface area contributed by atoms with Crippen LogP contribution in [0.25, 0.3) is 0 Å². The summed E-state index contributed by atoms with van der Waals surface area (Å²) in [6.07, 6.45) is -2.60. The number of ether oxygens (including phenoxy) is 1. The molecule has 3 nitrogen and oxygen atoms in total. The number of alkyl halides is 2. The molecule has 0 aliphatic heterocycles. The first kappa shape index (κ1) is 9.70. The van der Waals surface area contributed by atoms with Gasteiger partial charge in [-0.25, -0.2) is 13.8 Å². The van der Waals surface area contributed by atoms with Crippen LogP contribution < -0.4 is 10.5 Å². The van der Waals surface area contributed by atoms with Gasteiger partial charge in [0.1, 0.15) is 5.69 Å². The maximum absolute atomic E-state index is 12.2. The molecule has 0 radical (unpaired) electrons. The number of aryl methyl sites for hydroxylation is 1. The normalized spacial score (nSPS) is 10.5. The van der Waals surface area contributed by atoms with Crippen LogP contribution in [0.4, 0.5) is 14.5 Å². The summed E-state index contributed by atoms with van der Waals surface area (Å²) in [6, 6.07) is 1.25. The van der Waals surface area contributed by atoms with Gasteiger partial charge in [-0.3, -0.25) is 0 Å². The Hall–Kier alpha value is -1.39. The van der Waals surface area contributed by atoms with Gasteiger partial charge in [-0.15, -0.1) is 0 Å². The van der Waals surface area contributed by atoms with Gasteiger partial charge in [0, 0.05) is 0 Å². The second kappa shape index (κ2) is 3.55. The molecule has 0 saturated heterocycles. The number of aromatic nitrogens is 1. The number of rotatable bonds is 2. The van der Waals surface area contributed by atoms with Gasteiger partial charge in [0.25, 0.3) is 6.43 Å². The second-order valence-electron chi connectivity index (χ2n) is 2.59. The SMILES string of the molecule is COc1nc(C(F)F)cc(C)c1N. The van der Waals surface area contributed by atoms with Crippen LogP contribution in [0.2, 0.25) is 0 Å². The summed E-state index contributed by atoms with van der Waals surface area (Å²) in [5.41, 5.74) is 6.06. The molecule has 0 aliphatic rings. The molecule has 13 heavy (non-hydrogen) atoms. The van der Waals surface area contributed by atoms with Crippen LogP contribution in [0.15, 0.2) is 6.07 Å². The number of hydrogen-bond donors (Lipinski definition) is 1. The standard InChI is InChI=1S/C8H10F2N2O/c1-4-3-5(7(9)10)12-8(13-2)6(4)11/h3,7H,11H2,1-2H3. The fraction of sp³-hybridized carbons (Fsp3) is 0.375. The number of hydrogen-bond acceptors (Lipinski definition) is 3. The van der Waals surface area contributed by atoms with E-state index in [1.807, 2.05) is 0 Å². The maximum Gasteiger partial charge on any atom is 0.280 e. The molecule has 72 valence electrons. The third-order valence-electron chi connectivity index (χ3n) is 1.67. The fourth-order valence-electron chi connectivity index (χ4n) is 0.945. The van der Waals surface area contributed by atoms with E-state index in [0.29, 0.717) is 11.3 Å². The van der Waals surface area contributed by atoms with Gasteiger partial charge in [0.2, 0.25) is 5.88 Å². The number of pyridine rings is 1. The molecule has 1 aromatic rings. The van der Waals surface area contributed by atoms with Gasteiger partial charge in [-0.2, -0.15) is 0 Å². The Bertz CT molecular complexity index is 315. The number of halogens is 2. The Kier molecular flexibility index (Phi) is 2.65. The number of nitrogen functional groups attached to an aromatic ring is 1. The third kappa shape index (κ3) is 1.85. The van der Waals surface area contributed by atoms with Gasteiger partial charge in [-0.05, 0) is 18.6 Å². The highest BCUT2D eigenvalue weighted by atomic mass is 19.3. The highest BCUT2D eigenvalue weighted by Crippen LogP contribution is 2.27. The van der Waals surface area contributed by atoms with E-state index in [9.17, 15) is 8.78 Å². The van der Waals surface area contributed by atoms with E-state index in [1.54, 1.807) is 6.92 Å². The van der Waals surface area contributed by atoms with E-state index in [0.717, 1.165) is 0 Å². The van der Waals surface area contributed by atoms with Gasteiger partial charge < -0.3 is 10.5 Å². The summed E-state index contributed by atoms with van der Waals surface area (Å²) >= 11 is 0. The third-order valence-corrected chi connectivity index (χ3v) is 1.67. The Morgan fingerprint density at radius 1 is 1.54 bits per heavy atom. The molecule has 0 aromatic carbocycles. The number of nitrogens with two attached hydrogens (primary N) is 1. The molecule has 0 bridgehead atoms. The summed E-state index contributed by atoms with van der Waals surface area (Å²) in [7, 11) is 1.34. The van der Waals surface area contributed by atoms with Crippen molar-refractivity contribution in [2.45, 2.75) is 13.3 Å². The van der Waals surface area contributed by atoms with Crippen molar-refractivity contribution < 1.29 is 13.5 Å². The molecule has 1 rings (SSSR count). The van der Waals surface area contributed by atoms with Gasteiger partial charge in [0.15, 0.2) is 0 Å². The van der Waals surface area contributed by atoms with Crippen molar-refractivity contribution in [3.8, 4) is 5.88 Å². The van der Waals surface area contributed by atoms with Crippen LogP contribution in [-0.2, 0) is 0 Å². The van der Waals surface area contributed by atoms with Crippen molar-refractivity contribution >= 4 is 5.69 Å². The van der Waals surface area contributed by atoms with Crippen molar-refractivity contribution in [2.24, 2.45) is 0 Å². The molecule has 0 aliphatic carbocycles. The molecule has 0 unspecified atom stereocenters. The number of nitrogens with zero attached hydrogens (tertiary/aromatic N) is 1. The Morgan fingerprint density at radius 3 is 2.62 bits per heavy atom. The zero-order chi connectivity index (χ0) is 10.0.